The Morgan fingerprint density at radius 3 is 3.00 bits per heavy atom. The van der Waals surface area contributed by atoms with Gasteiger partial charge in [0.1, 0.15) is 0 Å². The highest BCUT2D eigenvalue weighted by Gasteiger charge is 1.92. The molecule has 0 saturated heterocycles. The number of nitrogens with one attached hydrogen (secondary N) is 1. The normalized spacial score (nSPS) is 10.2. The van der Waals surface area contributed by atoms with Crippen molar-refractivity contribution in [3.8, 4) is 0 Å². The van der Waals surface area contributed by atoms with Gasteiger partial charge in [0.15, 0.2) is 0 Å². The summed E-state index contributed by atoms with van der Waals surface area (Å²) in [5.74, 6) is 0. The standard InChI is InChI=1S/C8H9BrINS/c9-8-3-1-2-7(6-8)4-5-11-12-10/h1-3,6,11H,4-5H2. The fourth-order valence-electron chi connectivity index (χ4n) is 0.926. The summed E-state index contributed by atoms with van der Waals surface area (Å²) in [5.41, 5.74) is 1.36. The first-order valence-corrected chi connectivity index (χ1v) is 7.73. The molecule has 0 aliphatic carbocycles. The molecule has 4 heteroatoms. The molecule has 0 saturated carbocycles. The van der Waals surface area contributed by atoms with Crippen molar-refractivity contribution in [3.63, 3.8) is 0 Å². The van der Waals surface area contributed by atoms with E-state index in [1.165, 1.54) is 5.56 Å². The number of rotatable bonds is 4. The zero-order valence-corrected chi connectivity index (χ0v) is 10.9. The molecule has 0 radical (unpaired) electrons. The van der Waals surface area contributed by atoms with Gasteiger partial charge in [-0.3, -0.25) is 4.72 Å². The smallest absolute Gasteiger partial charge is 0.0178 e. The SMILES string of the molecule is Brc1cccc(CCNSI)c1. The van der Waals surface area contributed by atoms with Gasteiger partial charge >= 0.3 is 0 Å². The summed E-state index contributed by atoms with van der Waals surface area (Å²) in [6.07, 6.45) is 1.08. The van der Waals surface area contributed by atoms with E-state index in [1.54, 1.807) is 9.12 Å². The molecule has 0 aliphatic heterocycles. The van der Waals surface area contributed by atoms with Gasteiger partial charge in [-0.15, -0.1) is 0 Å². The van der Waals surface area contributed by atoms with E-state index >= 15 is 0 Å². The van der Waals surface area contributed by atoms with E-state index in [4.69, 9.17) is 0 Å². The van der Waals surface area contributed by atoms with Gasteiger partial charge in [0, 0.05) is 32.2 Å². The lowest BCUT2D eigenvalue weighted by Crippen LogP contribution is -2.05. The second kappa shape index (κ2) is 6.23. The maximum absolute atomic E-state index is 3.44. The third-order valence-electron chi connectivity index (χ3n) is 1.46. The summed E-state index contributed by atoms with van der Waals surface area (Å²) in [5, 5.41) is 0. The molecule has 0 atom stereocenters. The largest absolute Gasteiger partial charge is 0.255 e. The molecule has 0 aliphatic rings. The van der Waals surface area contributed by atoms with Gasteiger partial charge in [-0.05, 0) is 33.2 Å². The minimum atomic E-state index is 1.02. The first kappa shape index (κ1) is 10.8. The van der Waals surface area contributed by atoms with Gasteiger partial charge in [-0.1, -0.05) is 28.1 Å². The van der Waals surface area contributed by atoms with Crippen LogP contribution in [0.1, 0.15) is 5.56 Å². The van der Waals surface area contributed by atoms with Crippen LogP contribution in [0.3, 0.4) is 0 Å². The zero-order valence-electron chi connectivity index (χ0n) is 6.39. The third kappa shape index (κ3) is 4.11. The van der Waals surface area contributed by atoms with Gasteiger partial charge < -0.3 is 0 Å². The second-order valence-electron chi connectivity index (χ2n) is 2.35. The fraction of sp³-hybridized carbons (Fsp3) is 0.250. The maximum atomic E-state index is 3.44. The predicted octanol–water partition coefficient (Wildman–Crippen LogP) is 3.58. The van der Waals surface area contributed by atoms with Crippen LogP contribution < -0.4 is 4.72 Å². The van der Waals surface area contributed by atoms with Crippen LogP contribution in [-0.4, -0.2) is 6.54 Å². The van der Waals surface area contributed by atoms with Gasteiger partial charge in [-0.2, -0.15) is 0 Å². The van der Waals surface area contributed by atoms with Crippen LogP contribution in [0.15, 0.2) is 28.7 Å². The van der Waals surface area contributed by atoms with Gasteiger partial charge in [0.25, 0.3) is 0 Å². The molecule has 0 bridgehead atoms. The van der Waals surface area contributed by atoms with E-state index < -0.39 is 0 Å². The summed E-state index contributed by atoms with van der Waals surface area (Å²) in [6.45, 7) is 1.02. The van der Waals surface area contributed by atoms with Crippen molar-refractivity contribution in [2.24, 2.45) is 0 Å². The molecule has 0 heterocycles. The van der Waals surface area contributed by atoms with Crippen molar-refractivity contribution in [2.45, 2.75) is 6.42 Å². The van der Waals surface area contributed by atoms with Crippen molar-refractivity contribution >= 4 is 46.3 Å². The molecular formula is C8H9BrINS. The molecule has 1 aromatic carbocycles. The lowest BCUT2D eigenvalue weighted by atomic mass is 10.2. The van der Waals surface area contributed by atoms with Crippen LogP contribution in [0.4, 0.5) is 0 Å². The van der Waals surface area contributed by atoms with E-state index in [0.717, 1.165) is 17.4 Å². The summed E-state index contributed by atoms with van der Waals surface area (Å²) >= 11 is 5.68. The Morgan fingerprint density at radius 1 is 1.50 bits per heavy atom. The lowest BCUT2D eigenvalue weighted by molar-refractivity contribution is 0.912. The van der Waals surface area contributed by atoms with Gasteiger partial charge in [0.05, 0.1) is 0 Å². The quantitative estimate of drug-likeness (QED) is 0.502. The van der Waals surface area contributed by atoms with Gasteiger partial charge in [-0.25, -0.2) is 0 Å². The summed E-state index contributed by atoms with van der Waals surface area (Å²) in [4.78, 5) is 0. The molecule has 1 nitrogen and oxygen atoms in total. The second-order valence-corrected chi connectivity index (χ2v) is 5.03. The molecule has 0 fully saturated rings. The van der Waals surface area contributed by atoms with E-state index in [-0.39, 0.29) is 0 Å². The first-order valence-electron chi connectivity index (χ1n) is 3.58. The average Bonchev–Trinajstić information content (AvgIpc) is 2.05. The van der Waals surface area contributed by atoms with Crippen LogP contribution in [0, 0.1) is 0 Å². The van der Waals surface area contributed by atoms with Crippen LogP contribution in [-0.2, 0) is 6.42 Å². The van der Waals surface area contributed by atoms with Crippen LogP contribution >= 0.6 is 46.3 Å². The molecule has 0 amide bonds. The minimum absolute atomic E-state index is 1.02. The topological polar surface area (TPSA) is 12.0 Å². The van der Waals surface area contributed by atoms with Crippen molar-refractivity contribution in [1.29, 1.82) is 0 Å². The number of benzene rings is 1. The van der Waals surface area contributed by atoms with Gasteiger partial charge in [0.2, 0.25) is 0 Å². The molecular weight excluding hydrogens is 349 g/mol. The Bertz CT molecular complexity index is 244. The summed E-state index contributed by atoms with van der Waals surface area (Å²) in [6, 6.07) is 8.41. The Hall–Kier alpha value is 0.740. The molecule has 0 spiro atoms. The predicted molar refractivity (Wildman–Crippen MR) is 67.5 cm³/mol. The average molecular weight is 358 g/mol. The van der Waals surface area contributed by atoms with Crippen molar-refractivity contribution < 1.29 is 0 Å². The number of hydrogen-bond donors (Lipinski definition) is 1. The van der Waals surface area contributed by atoms with E-state index in [0.29, 0.717) is 0 Å². The van der Waals surface area contributed by atoms with Crippen LogP contribution in [0.5, 0.6) is 0 Å². The fourth-order valence-corrected chi connectivity index (χ4v) is 2.21. The highest BCUT2D eigenvalue weighted by Crippen LogP contribution is 2.12. The van der Waals surface area contributed by atoms with Crippen molar-refractivity contribution in [3.05, 3.63) is 34.3 Å². The Morgan fingerprint density at radius 2 is 2.33 bits per heavy atom. The first-order chi connectivity index (χ1) is 5.83. The van der Waals surface area contributed by atoms with E-state index in [9.17, 15) is 0 Å². The molecule has 66 valence electrons. The monoisotopic (exact) mass is 357 g/mol. The highest BCUT2D eigenvalue weighted by molar-refractivity contribution is 14.2. The van der Waals surface area contributed by atoms with E-state index in [1.807, 2.05) is 6.07 Å². The van der Waals surface area contributed by atoms with Crippen LogP contribution in [0.25, 0.3) is 0 Å². The number of halogens is 2. The Kier molecular flexibility index (Phi) is 5.62. The highest BCUT2D eigenvalue weighted by atomic mass is 127. The maximum Gasteiger partial charge on any atom is 0.0178 e. The Balaban J connectivity index is 2.41. The Labute approximate surface area is 97.5 Å². The van der Waals surface area contributed by atoms with Crippen molar-refractivity contribution in [1.82, 2.24) is 4.72 Å². The summed E-state index contributed by atoms with van der Waals surface area (Å²) in [7, 11) is 1.63. The molecule has 0 aromatic heterocycles. The number of hydrogen-bond acceptors (Lipinski definition) is 2. The van der Waals surface area contributed by atoms with E-state index in [2.05, 4.69) is 60.1 Å². The summed E-state index contributed by atoms with van der Waals surface area (Å²) < 4.78 is 4.36. The molecule has 12 heavy (non-hydrogen) atoms. The zero-order chi connectivity index (χ0) is 8.81. The van der Waals surface area contributed by atoms with Crippen molar-refractivity contribution in [2.75, 3.05) is 6.54 Å². The molecule has 1 aromatic rings. The third-order valence-corrected chi connectivity index (χ3v) is 3.20. The minimum Gasteiger partial charge on any atom is -0.255 e. The molecule has 1 rings (SSSR count). The molecule has 1 N–H and O–H groups in total. The lowest BCUT2D eigenvalue weighted by Gasteiger charge is -2.00. The molecule has 0 unspecified atom stereocenters. The van der Waals surface area contributed by atoms with Crippen LogP contribution in [0.2, 0.25) is 0 Å².